The van der Waals surface area contributed by atoms with E-state index in [2.05, 4.69) is 25.3 Å². The van der Waals surface area contributed by atoms with Crippen LogP contribution < -0.4 is 16.6 Å². The minimum atomic E-state index is -0.449. The van der Waals surface area contributed by atoms with Crippen LogP contribution in [0.15, 0.2) is 40.3 Å². The van der Waals surface area contributed by atoms with E-state index in [1.165, 1.54) is 6.20 Å². The van der Waals surface area contributed by atoms with Crippen molar-refractivity contribution in [2.75, 3.05) is 13.1 Å². The third kappa shape index (κ3) is 2.99. The Hall–Kier alpha value is -3.46. The van der Waals surface area contributed by atoms with Gasteiger partial charge >= 0.3 is 5.69 Å². The summed E-state index contributed by atoms with van der Waals surface area (Å²) in [7, 11) is 0. The maximum Gasteiger partial charge on any atom is 0.329 e. The molecule has 0 spiro atoms. The predicted molar refractivity (Wildman–Crippen MR) is 109 cm³/mol. The van der Waals surface area contributed by atoms with E-state index in [4.69, 9.17) is 4.98 Å². The molecule has 4 aromatic heterocycles. The minimum Gasteiger partial charge on any atom is -0.317 e. The summed E-state index contributed by atoms with van der Waals surface area (Å²) in [5, 5.41) is 3.67. The number of nitrogens with one attached hydrogen (secondary N) is 2. The number of piperidine rings is 1. The van der Waals surface area contributed by atoms with E-state index in [9.17, 15) is 9.59 Å². The van der Waals surface area contributed by atoms with Gasteiger partial charge in [0.1, 0.15) is 11.3 Å². The van der Waals surface area contributed by atoms with Crippen molar-refractivity contribution in [3.63, 3.8) is 0 Å². The molecule has 0 bridgehead atoms. The molecule has 5 rings (SSSR count). The van der Waals surface area contributed by atoms with E-state index in [0.717, 1.165) is 31.5 Å². The average molecular weight is 389 g/mol. The molecule has 9 nitrogen and oxygen atoms in total. The van der Waals surface area contributed by atoms with E-state index < -0.39 is 11.2 Å². The lowest BCUT2D eigenvalue weighted by molar-refractivity contribution is 0.365. The molecule has 0 atom stereocenters. The van der Waals surface area contributed by atoms with Crippen LogP contribution in [0.25, 0.3) is 33.2 Å². The van der Waals surface area contributed by atoms with Gasteiger partial charge in [-0.25, -0.2) is 19.7 Å². The molecule has 2 N–H and O–H groups in total. The van der Waals surface area contributed by atoms with Crippen LogP contribution in [0.2, 0.25) is 0 Å². The summed E-state index contributed by atoms with van der Waals surface area (Å²) >= 11 is 0. The molecule has 4 aromatic rings. The Balaban J connectivity index is 1.84. The van der Waals surface area contributed by atoms with Crippen LogP contribution in [0.1, 0.15) is 24.7 Å². The zero-order valence-corrected chi connectivity index (χ0v) is 15.8. The Labute approximate surface area is 164 Å². The molecule has 0 amide bonds. The van der Waals surface area contributed by atoms with Crippen LogP contribution in [0, 0.1) is 6.92 Å². The van der Waals surface area contributed by atoms with Crippen LogP contribution in [0.4, 0.5) is 0 Å². The summed E-state index contributed by atoms with van der Waals surface area (Å²) in [4.78, 5) is 45.4. The molecule has 9 heteroatoms. The Kier molecular flexibility index (Phi) is 4.17. The first kappa shape index (κ1) is 17.6. The molecule has 146 valence electrons. The molecule has 1 saturated heterocycles. The molecule has 0 unspecified atom stereocenters. The number of fused-ring (bicyclic) bond motifs is 3. The van der Waals surface area contributed by atoms with Crippen molar-refractivity contribution >= 4 is 21.9 Å². The molecule has 0 aliphatic carbocycles. The summed E-state index contributed by atoms with van der Waals surface area (Å²) in [5.41, 5.74) is 2.25. The van der Waals surface area contributed by atoms with Crippen molar-refractivity contribution in [3.05, 3.63) is 57.4 Å². The van der Waals surface area contributed by atoms with E-state index in [0.29, 0.717) is 33.5 Å². The second-order valence-electron chi connectivity index (χ2n) is 7.21. The van der Waals surface area contributed by atoms with Crippen LogP contribution in [0.3, 0.4) is 0 Å². The van der Waals surface area contributed by atoms with E-state index in [1.54, 1.807) is 17.0 Å². The molecule has 1 aliphatic heterocycles. The van der Waals surface area contributed by atoms with Gasteiger partial charge in [-0.2, -0.15) is 0 Å². The molecule has 0 aromatic carbocycles. The van der Waals surface area contributed by atoms with Gasteiger partial charge in [-0.15, -0.1) is 0 Å². The first-order chi connectivity index (χ1) is 14.1. The van der Waals surface area contributed by atoms with Crippen molar-refractivity contribution < 1.29 is 0 Å². The SMILES string of the molecule is Cc1ncc(-c2ccc3ncc4c(=O)[nH]c(=O)n(C5CCNCC5)c4c3n2)cn1. The standard InChI is InChI=1S/C20H19N7O2/c1-11-22-8-12(9-23-11)15-2-3-16-17(25-15)18-14(10-24-16)19(28)26-20(29)27(18)13-4-6-21-7-5-13/h2-3,8-10,13,21H,4-7H2,1H3,(H,26,28,29). The Morgan fingerprint density at radius 3 is 2.55 bits per heavy atom. The van der Waals surface area contributed by atoms with Crippen molar-refractivity contribution in [2.45, 2.75) is 25.8 Å². The summed E-state index contributed by atoms with van der Waals surface area (Å²) in [6, 6.07) is 3.67. The van der Waals surface area contributed by atoms with Gasteiger partial charge in [0.2, 0.25) is 0 Å². The van der Waals surface area contributed by atoms with Crippen LogP contribution in [0.5, 0.6) is 0 Å². The third-order valence-corrected chi connectivity index (χ3v) is 5.36. The van der Waals surface area contributed by atoms with Gasteiger partial charge in [0.15, 0.2) is 0 Å². The molecule has 1 aliphatic rings. The van der Waals surface area contributed by atoms with Gasteiger partial charge in [0, 0.05) is 30.2 Å². The van der Waals surface area contributed by atoms with E-state index in [1.807, 2.05) is 19.1 Å². The molecule has 0 saturated carbocycles. The highest BCUT2D eigenvalue weighted by Gasteiger charge is 2.22. The highest BCUT2D eigenvalue weighted by Crippen LogP contribution is 2.27. The van der Waals surface area contributed by atoms with Crippen molar-refractivity contribution in [1.82, 2.24) is 34.8 Å². The Bertz CT molecular complexity index is 1340. The smallest absolute Gasteiger partial charge is 0.317 e. The first-order valence-electron chi connectivity index (χ1n) is 9.56. The molecule has 0 radical (unpaired) electrons. The molecule has 5 heterocycles. The van der Waals surface area contributed by atoms with Gasteiger partial charge in [-0.05, 0) is 45.0 Å². The number of nitrogens with zero attached hydrogens (tertiary/aromatic N) is 5. The van der Waals surface area contributed by atoms with Gasteiger partial charge in [-0.3, -0.25) is 19.3 Å². The second-order valence-corrected chi connectivity index (χ2v) is 7.21. The highest BCUT2D eigenvalue weighted by atomic mass is 16.2. The fourth-order valence-corrected chi connectivity index (χ4v) is 3.89. The quantitative estimate of drug-likeness (QED) is 0.496. The molecule has 29 heavy (non-hydrogen) atoms. The number of aromatic nitrogens is 6. The lowest BCUT2D eigenvalue weighted by Gasteiger charge is -2.26. The van der Waals surface area contributed by atoms with Gasteiger partial charge < -0.3 is 5.32 Å². The number of hydrogen-bond donors (Lipinski definition) is 2. The zero-order chi connectivity index (χ0) is 20.0. The topological polar surface area (TPSA) is 118 Å². The zero-order valence-electron chi connectivity index (χ0n) is 15.8. The number of rotatable bonds is 2. The minimum absolute atomic E-state index is 0.0122. The maximum atomic E-state index is 12.8. The monoisotopic (exact) mass is 389 g/mol. The van der Waals surface area contributed by atoms with Crippen LogP contribution in [-0.4, -0.2) is 42.6 Å². The number of aromatic amines is 1. The average Bonchev–Trinajstić information content (AvgIpc) is 2.74. The fraction of sp³-hybridized carbons (Fsp3) is 0.300. The third-order valence-electron chi connectivity index (χ3n) is 5.36. The number of pyridine rings is 2. The van der Waals surface area contributed by atoms with Crippen LogP contribution in [-0.2, 0) is 0 Å². The Morgan fingerprint density at radius 2 is 1.79 bits per heavy atom. The highest BCUT2D eigenvalue weighted by molar-refractivity contribution is 6.01. The number of H-pyrrole nitrogens is 1. The number of aryl methyl sites for hydroxylation is 1. The molecular formula is C20H19N7O2. The lowest BCUT2D eigenvalue weighted by Crippen LogP contribution is -2.38. The Morgan fingerprint density at radius 1 is 1.03 bits per heavy atom. The predicted octanol–water partition coefficient (Wildman–Crippen LogP) is 1.32. The fourth-order valence-electron chi connectivity index (χ4n) is 3.89. The summed E-state index contributed by atoms with van der Waals surface area (Å²) in [5.74, 6) is 0.674. The van der Waals surface area contributed by atoms with Gasteiger partial charge in [-0.1, -0.05) is 0 Å². The second kappa shape index (κ2) is 6.85. The van der Waals surface area contributed by atoms with Gasteiger partial charge in [0.05, 0.1) is 22.1 Å². The van der Waals surface area contributed by atoms with E-state index in [-0.39, 0.29) is 6.04 Å². The summed E-state index contributed by atoms with van der Waals surface area (Å²) in [6.45, 7) is 3.46. The van der Waals surface area contributed by atoms with E-state index >= 15 is 0 Å². The maximum absolute atomic E-state index is 12.8. The normalized spacial score (nSPS) is 15.2. The largest absolute Gasteiger partial charge is 0.329 e. The van der Waals surface area contributed by atoms with Crippen molar-refractivity contribution in [2.24, 2.45) is 0 Å². The number of hydrogen-bond acceptors (Lipinski definition) is 7. The molecule has 1 fully saturated rings. The van der Waals surface area contributed by atoms with Crippen LogP contribution >= 0.6 is 0 Å². The van der Waals surface area contributed by atoms with Crippen molar-refractivity contribution in [1.29, 1.82) is 0 Å². The summed E-state index contributed by atoms with van der Waals surface area (Å²) < 4.78 is 1.68. The summed E-state index contributed by atoms with van der Waals surface area (Å²) in [6.07, 6.45) is 6.54. The molecular weight excluding hydrogens is 370 g/mol. The lowest BCUT2D eigenvalue weighted by atomic mass is 10.1. The van der Waals surface area contributed by atoms with Gasteiger partial charge in [0.25, 0.3) is 5.56 Å². The van der Waals surface area contributed by atoms with Crippen molar-refractivity contribution in [3.8, 4) is 11.3 Å². The first-order valence-corrected chi connectivity index (χ1v) is 9.56.